The van der Waals surface area contributed by atoms with Crippen molar-refractivity contribution >= 4 is 23.5 Å². The van der Waals surface area contributed by atoms with E-state index in [-0.39, 0.29) is 11.7 Å². The van der Waals surface area contributed by atoms with E-state index in [0.29, 0.717) is 12.0 Å². The van der Waals surface area contributed by atoms with Crippen LogP contribution in [0.4, 0.5) is 4.39 Å². The molecular formula is C16H17FN2OS. The topological polar surface area (TPSA) is 41.5 Å². The molecule has 0 atom stereocenters. The molecule has 0 bridgehead atoms. The van der Waals surface area contributed by atoms with Crippen LogP contribution in [-0.4, -0.2) is 12.1 Å². The van der Waals surface area contributed by atoms with Gasteiger partial charge in [-0.05, 0) is 48.4 Å². The SMILES string of the molecule is O=C(CCCCc1cccs1)N/N=C/c1cccc(F)c1. The third kappa shape index (κ3) is 5.87. The van der Waals surface area contributed by atoms with Gasteiger partial charge in [0.15, 0.2) is 0 Å². The van der Waals surface area contributed by atoms with Crippen LogP contribution in [0.1, 0.15) is 29.7 Å². The van der Waals surface area contributed by atoms with E-state index in [2.05, 4.69) is 22.0 Å². The van der Waals surface area contributed by atoms with Gasteiger partial charge in [-0.25, -0.2) is 9.82 Å². The second kappa shape index (κ2) is 8.32. The highest BCUT2D eigenvalue weighted by Gasteiger charge is 2.00. The van der Waals surface area contributed by atoms with Gasteiger partial charge < -0.3 is 0 Å². The summed E-state index contributed by atoms with van der Waals surface area (Å²) < 4.78 is 12.9. The highest BCUT2D eigenvalue weighted by atomic mass is 32.1. The molecular weight excluding hydrogens is 287 g/mol. The summed E-state index contributed by atoms with van der Waals surface area (Å²) in [4.78, 5) is 12.9. The van der Waals surface area contributed by atoms with Crippen molar-refractivity contribution in [3.05, 3.63) is 58.0 Å². The summed E-state index contributed by atoms with van der Waals surface area (Å²) in [7, 11) is 0. The number of thiophene rings is 1. The second-order valence-corrected chi connectivity index (χ2v) is 5.67. The number of benzene rings is 1. The van der Waals surface area contributed by atoms with Crippen molar-refractivity contribution in [3.8, 4) is 0 Å². The van der Waals surface area contributed by atoms with Gasteiger partial charge in [0.05, 0.1) is 6.21 Å². The largest absolute Gasteiger partial charge is 0.273 e. The Balaban J connectivity index is 1.63. The van der Waals surface area contributed by atoms with Crippen molar-refractivity contribution in [2.45, 2.75) is 25.7 Å². The van der Waals surface area contributed by atoms with Gasteiger partial charge in [-0.1, -0.05) is 18.2 Å². The maximum absolute atomic E-state index is 12.9. The molecule has 0 aliphatic carbocycles. The van der Waals surface area contributed by atoms with Gasteiger partial charge in [-0.15, -0.1) is 11.3 Å². The number of halogens is 1. The Morgan fingerprint density at radius 2 is 2.19 bits per heavy atom. The molecule has 5 heteroatoms. The zero-order chi connectivity index (χ0) is 14.9. The van der Waals surface area contributed by atoms with E-state index in [1.54, 1.807) is 23.5 Å². The molecule has 0 radical (unpaired) electrons. The van der Waals surface area contributed by atoms with Gasteiger partial charge in [0.25, 0.3) is 0 Å². The van der Waals surface area contributed by atoms with Crippen LogP contribution in [0.2, 0.25) is 0 Å². The quantitative estimate of drug-likeness (QED) is 0.472. The first-order valence-corrected chi connectivity index (χ1v) is 7.72. The van der Waals surface area contributed by atoms with Gasteiger partial charge in [0.1, 0.15) is 5.82 Å². The molecule has 0 saturated heterocycles. The number of amides is 1. The zero-order valence-corrected chi connectivity index (χ0v) is 12.4. The van der Waals surface area contributed by atoms with Crippen LogP contribution in [0.25, 0.3) is 0 Å². The van der Waals surface area contributed by atoms with Gasteiger partial charge in [-0.2, -0.15) is 5.10 Å². The minimum Gasteiger partial charge on any atom is -0.273 e. The lowest BCUT2D eigenvalue weighted by atomic mass is 10.2. The van der Waals surface area contributed by atoms with E-state index < -0.39 is 0 Å². The molecule has 0 spiro atoms. The fourth-order valence-electron chi connectivity index (χ4n) is 1.86. The first-order valence-electron chi connectivity index (χ1n) is 6.84. The molecule has 110 valence electrons. The van der Waals surface area contributed by atoms with E-state index in [9.17, 15) is 9.18 Å². The number of carbonyl (C=O) groups is 1. The van der Waals surface area contributed by atoms with Crippen molar-refractivity contribution in [3.63, 3.8) is 0 Å². The lowest BCUT2D eigenvalue weighted by Gasteiger charge is -2.00. The number of hydrogen-bond donors (Lipinski definition) is 1. The molecule has 0 fully saturated rings. The number of nitrogens with one attached hydrogen (secondary N) is 1. The Kier molecular flexibility index (Phi) is 6.09. The lowest BCUT2D eigenvalue weighted by Crippen LogP contribution is -2.16. The summed E-state index contributed by atoms with van der Waals surface area (Å²) in [5.74, 6) is -0.437. The number of aryl methyl sites for hydroxylation is 1. The predicted molar refractivity (Wildman–Crippen MR) is 84.0 cm³/mol. The zero-order valence-electron chi connectivity index (χ0n) is 11.6. The van der Waals surface area contributed by atoms with E-state index in [4.69, 9.17) is 0 Å². The molecule has 21 heavy (non-hydrogen) atoms. The second-order valence-electron chi connectivity index (χ2n) is 4.63. The van der Waals surface area contributed by atoms with Crippen molar-refractivity contribution in [2.24, 2.45) is 5.10 Å². The first kappa shape index (κ1) is 15.4. The molecule has 3 nitrogen and oxygen atoms in total. The molecule has 1 heterocycles. The molecule has 1 N–H and O–H groups in total. The van der Waals surface area contributed by atoms with Crippen molar-refractivity contribution in [1.29, 1.82) is 0 Å². The Bertz CT molecular complexity index is 596. The molecule has 0 aliphatic rings. The van der Waals surface area contributed by atoms with E-state index in [0.717, 1.165) is 19.3 Å². The van der Waals surface area contributed by atoms with Crippen LogP contribution in [-0.2, 0) is 11.2 Å². The van der Waals surface area contributed by atoms with Crippen LogP contribution in [0.3, 0.4) is 0 Å². The highest BCUT2D eigenvalue weighted by molar-refractivity contribution is 7.09. The van der Waals surface area contributed by atoms with Gasteiger partial charge in [0.2, 0.25) is 5.91 Å². The highest BCUT2D eigenvalue weighted by Crippen LogP contribution is 2.12. The smallest absolute Gasteiger partial charge is 0.240 e. The average molecular weight is 304 g/mol. The molecule has 0 aliphatic heterocycles. The predicted octanol–water partition coefficient (Wildman–Crippen LogP) is 3.75. The standard InChI is InChI=1S/C16H17FN2OS/c17-14-6-3-5-13(11-14)12-18-19-16(20)9-2-1-7-15-8-4-10-21-15/h3-6,8,10-12H,1-2,7,9H2,(H,19,20)/b18-12+. The molecule has 2 rings (SSSR count). The van der Waals surface area contributed by atoms with Crippen LogP contribution in [0, 0.1) is 5.82 Å². The summed E-state index contributed by atoms with van der Waals surface area (Å²) in [6.07, 6.45) is 4.72. The maximum atomic E-state index is 12.9. The van der Waals surface area contributed by atoms with Gasteiger partial charge in [0, 0.05) is 11.3 Å². The Labute approximate surface area is 127 Å². The van der Waals surface area contributed by atoms with Crippen molar-refractivity contribution in [2.75, 3.05) is 0 Å². The van der Waals surface area contributed by atoms with Crippen LogP contribution in [0.15, 0.2) is 46.9 Å². The monoisotopic (exact) mass is 304 g/mol. The fraction of sp³-hybridized carbons (Fsp3) is 0.250. The average Bonchev–Trinajstić information content (AvgIpc) is 2.97. The van der Waals surface area contributed by atoms with Gasteiger partial charge >= 0.3 is 0 Å². The normalized spacial score (nSPS) is 10.9. The lowest BCUT2D eigenvalue weighted by molar-refractivity contribution is -0.121. The van der Waals surface area contributed by atoms with E-state index in [1.807, 2.05) is 6.07 Å². The Hall–Kier alpha value is -2.01. The number of hydrogen-bond acceptors (Lipinski definition) is 3. The number of carbonyl (C=O) groups excluding carboxylic acids is 1. The van der Waals surface area contributed by atoms with Crippen molar-refractivity contribution in [1.82, 2.24) is 5.43 Å². The van der Waals surface area contributed by atoms with Crippen LogP contribution < -0.4 is 5.43 Å². The molecule has 2 aromatic rings. The summed E-state index contributed by atoms with van der Waals surface area (Å²) in [6, 6.07) is 10.2. The number of rotatable bonds is 7. The van der Waals surface area contributed by atoms with Crippen LogP contribution >= 0.6 is 11.3 Å². The summed E-state index contributed by atoms with van der Waals surface area (Å²) in [6.45, 7) is 0. The number of hydrazone groups is 1. The minimum atomic E-state index is -0.321. The maximum Gasteiger partial charge on any atom is 0.240 e. The third-order valence-electron chi connectivity index (χ3n) is 2.91. The van der Waals surface area contributed by atoms with E-state index >= 15 is 0 Å². The van der Waals surface area contributed by atoms with E-state index in [1.165, 1.54) is 23.2 Å². The first-order chi connectivity index (χ1) is 10.2. The minimum absolute atomic E-state index is 0.117. The summed E-state index contributed by atoms with van der Waals surface area (Å²) in [5, 5.41) is 5.88. The molecule has 0 saturated carbocycles. The summed E-state index contributed by atoms with van der Waals surface area (Å²) >= 11 is 1.74. The number of nitrogens with zero attached hydrogens (tertiary/aromatic N) is 1. The van der Waals surface area contributed by atoms with Gasteiger partial charge in [-0.3, -0.25) is 4.79 Å². The van der Waals surface area contributed by atoms with Crippen LogP contribution in [0.5, 0.6) is 0 Å². The fourth-order valence-corrected chi connectivity index (χ4v) is 2.61. The number of unbranched alkanes of at least 4 members (excludes halogenated alkanes) is 1. The molecule has 1 aromatic carbocycles. The third-order valence-corrected chi connectivity index (χ3v) is 3.84. The Morgan fingerprint density at radius 3 is 2.95 bits per heavy atom. The molecule has 0 unspecified atom stereocenters. The van der Waals surface area contributed by atoms with Crippen molar-refractivity contribution < 1.29 is 9.18 Å². The molecule has 1 aromatic heterocycles. The molecule has 1 amide bonds. The summed E-state index contributed by atoms with van der Waals surface area (Å²) in [5.41, 5.74) is 3.07. The Morgan fingerprint density at radius 1 is 1.29 bits per heavy atom.